The van der Waals surface area contributed by atoms with Crippen molar-refractivity contribution in [3.05, 3.63) is 59.1 Å². The van der Waals surface area contributed by atoms with Crippen LogP contribution in [-0.2, 0) is 29.0 Å². The zero-order valence-corrected chi connectivity index (χ0v) is 25.8. The van der Waals surface area contributed by atoms with Gasteiger partial charge >= 0.3 is 6.03 Å². The van der Waals surface area contributed by atoms with Crippen LogP contribution in [-0.4, -0.2) is 86.6 Å². The summed E-state index contributed by atoms with van der Waals surface area (Å²) in [4.78, 5) is 55.2. The number of aryl methyl sites for hydroxylation is 1. The second-order valence-electron chi connectivity index (χ2n) is 11.0. The maximum Gasteiger partial charge on any atom is 0.322 e. The predicted octanol–water partition coefficient (Wildman–Crippen LogP) is 2.98. The summed E-state index contributed by atoms with van der Waals surface area (Å²) in [5, 5.41) is 7.67. The van der Waals surface area contributed by atoms with Crippen molar-refractivity contribution in [2.75, 3.05) is 41.3 Å². The fourth-order valence-corrected chi connectivity index (χ4v) is 4.60. The Morgan fingerprint density at radius 3 is 2.63 bits per heavy atom. The van der Waals surface area contributed by atoms with E-state index in [2.05, 4.69) is 32.4 Å². The molecule has 12 heteroatoms. The minimum Gasteiger partial charge on any atom is -0.497 e. The summed E-state index contributed by atoms with van der Waals surface area (Å²) in [5.41, 5.74) is 1.59. The summed E-state index contributed by atoms with van der Waals surface area (Å²) in [6.07, 6.45) is 4.09. The number of hydrogen-bond acceptors (Lipinski definition) is 8. The topological polar surface area (TPSA) is 146 Å². The number of urea groups is 1. The molecule has 1 fully saturated rings. The molecule has 12 nitrogen and oxygen atoms in total. The van der Waals surface area contributed by atoms with Crippen LogP contribution >= 0.6 is 0 Å². The van der Waals surface area contributed by atoms with E-state index >= 15 is 0 Å². The van der Waals surface area contributed by atoms with Gasteiger partial charge in [-0.15, -0.1) is 0 Å². The molecule has 2 aliphatic rings. The first-order valence-corrected chi connectivity index (χ1v) is 14.2. The highest BCUT2D eigenvalue weighted by atomic mass is 16.5. The Labute approximate surface area is 252 Å². The van der Waals surface area contributed by atoms with Gasteiger partial charge in [-0.05, 0) is 58.1 Å². The normalized spacial score (nSPS) is 17.5. The molecule has 232 valence electrons. The number of methoxy groups -OCH3 is 1. The molecule has 3 N–H and O–H groups in total. The summed E-state index contributed by atoms with van der Waals surface area (Å²) >= 11 is 0. The lowest BCUT2D eigenvalue weighted by molar-refractivity contribution is -0.123. The molecule has 0 saturated carbocycles. The molecule has 1 atom stereocenters. The number of fused-ring (bicyclic) bond motifs is 1. The fraction of sp³-hybridized carbons (Fsp3) is 0.452. The third-order valence-corrected chi connectivity index (χ3v) is 7.07. The van der Waals surface area contributed by atoms with Crippen molar-refractivity contribution < 1.29 is 28.3 Å². The summed E-state index contributed by atoms with van der Waals surface area (Å²) in [6, 6.07) is 6.80. The van der Waals surface area contributed by atoms with Crippen LogP contribution in [0.4, 0.5) is 10.5 Å². The molecule has 2 aliphatic heterocycles. The number of unbranched alkanes of at least 4 members (excludes halogenated alkanes) is 1. The second kappa shape index (κ2) is 14.6. The standard InChI is InChI=1S/C21H31N5O4.C10H11NO2/c1-6-17-16(11-15(30-17)12-21(3)19(28)24-20(29)25-21)23-13-14(2)18(27)22-9-7-8-10-26(4)5;1-11-6-7-3-4-8(13-2)5-9(7)10(11)12/h11,13H,2,6-10,12H2,1,3-5H3,(H,22,27)(H2,24,25,28,29);3-5H,6H2,1-2H3. The number of carbonyl (C=O) groups is 4. The molecule has 1 unspecified atom stereocenters. The number of amides is 5. The van der Waals surface area contributed by atoms with Gasteiger partial charge in [0.1, 0.15) is 28.5 Å². The van der Waals surface area contributed by atoms with Crippen LogP contribution in [0.1, 0.15) is 54.1 Å². The Morgan fingerprint density at radius 1 is 1.26 bits per heavy atom. The van der Waals surface area contributed by atoms with E-state index in [0.29, 0.717) is 36.7 Å². The fourth-order valence-electron chi connectivity index (χ4n) is 4.60. The average Bonchev–Trinajstić information content (AvgIpc) is 3.57. The predicted molar refractivity (Wildman–Crippen MR) is 164 cm³/mol. The summed E-state index contributed by atoms with van der Waals surface area (Å²) in [6.45, 7) is 9.59. The minimum atomic E-state index is -1.07. The van der Waals surface area contributed by atoms with Gasteiger partial charge < -0.3 is 29.6 Å². The number of ether oxygens (including phenoxy) is 1. The molecule has 1 aromatic carbocycles. The summed E-state index contributed by atoms with van der Waals surface area (Å²) in [7, 11) is 7.43. The van der Waals surface area contributed by atoms with E-state index in [1.54, 1.807) is 38.1 Å². The van der Waals surface area contributed by atoms with Gasteiger partial charge in [-0.1, -0.05) is 19.6 Å². The number of hydrogen-bond donors (Lipinski definition) is 3. The number of nitrogens with one attached hydrogen (secondary N) is 3. The van der Waals surface area contributed by atoms with Gasteiger partial charge in [-0.25, -0.2) is 4.79 Å². The van der Waals surface area contributed by atoms with Crippen LogP contribution in [0.5, 0.6) is 5.75 Å². The molecule has 1 aromatic heterocycles. The van der Waals surface area contributed by atoms with Gasteiger partial charge in [-0.3, -0.25) is 24.7 Å². The van der Waals surface area contributed by atoms with Crippen LogP contribution in [0.3, 0.4) is 0 Å². The summed E-state index contributed by atoms with van der Waals surface area (Å²) in [5.74, 6) is 1.31. The van der Waals surface area contributed by atoms with Crippen molar-refractivity contribution >= 4 is 35.7 Å². The Balaban J connectivity index is 0.000000321. The Bertz CT molecular complexity index is 1400. The Morgan fingerprint density at radius 2 is 2.00 bits per heavy atom. The number of rotatable bonds is 12. The van der Waals surface area contributed by atoms with Crippen LogP contribution in [0, 0.1) is 0 Å². The molecule has 2 aromatic rings. The molecule has 1 saturated heterocycles. The highest BCUT2D eigenvalue weighted by Gasteiger charge is 2.42. The lowest BCUT2D eigenvalue weighted by atomic mass is 9.97. The van der Waals surface area contributed by atoms with E-state index in [0.717, 1.165) is 36.3 Å². The molecular weight excluding hydrogens is 552 g/mol. The number of carbonyl (C=O) groups excluding carboxylic acids is 4. The SMILES string of the molecule is C=C(C=Nc1cc(CC2(C)NC(=O)NC2=O)oc1CC)C(=O)NCCCCN(C)C.COc1ccc2c(c1)C(=O)N(C)C2. The van der Waals surface area contributed by atoms with E-state index in [4.69, 9.17) is 9.15 Å². The van der Waals surface area contributed by atoms with Crippen molar-refractivity contribution in [1.82, 2.24) is 25.8 Å². The largest absolute Gasteiger partial charge is 0.497 e. The Kier molecular flexibility index (Phi) is 11.2. The monoisotopic (exact) mass is 594 g/mol. The van der Waals surface area contributed by atoms with Crippen LogP contribution in [0.15, 0.2) is 45.8 Å². The van der Waals surface area contributed by atoms with Gasteiger partial charge in [0.05, 0.1) is 12.7 Å². The maximum absolute atomic E-state index is 12.1. The minimum absolute atomic E-state index is 0.0777. The van der Waals surface area contributed by atoms with E-state index in [-0.39, 0.29) is 23.8 Å². The number of imide groups is 1. The van der Waals surface area contributed by atoms with Gasteiger partial charge in [0.2, 0.25) is 0 Å². The zero-order chi connectivity index (χ0) is 31.7. The van der Waals surface area contributed by atoms with Crippen molar-refractivity contribution in [2.24, 2.45) is 4.99 Å². The second-order valence-corrected chi connectivity index (χ2v) is 11.0. The van der Waals surface area contributed by atoms with Crippen molar-refractivity contribution in [3.63, 3.8) is 0 Å². The van der Waals surface area contributed by atoms with Crippen LogP contribution < -0.4 is 20.7 Å². The molecule has 0 spiro atoms. The van der Waals surface area contributed by atoms with E-state index in [1.165, 1.54) is 6.21 Å². The molecule has 4 rings (SSSR count). The van der Waals surface area contributed by atoms with E-state index in [1.807, 2.05) is 33.2 Å². The quantitative estimate of drug-likeness (QED) is 0.148. The van der Waals surface area contributed by atoms with Crippen molar-refractivity contribution in [3.8, 4) is 5.75 Å². The van der Waals surface area contributed by atoms with Crippen molar-refractivity contribution in [1.29, 1.82) is 0 Å². The van der Waals surface area contributed by atoms with E-state index in [9.17, 15) is 19.2 Å². The lowest BCUT2D eigenvalue weighted by Gasteiger charge is -2.18. The number of nitrogens with zero attached hydrogens (tertiary/aromatic N) is 3. The molecule has 5 amide bonds. The number of aliphatic imine (C=N–C) groups is 1. The highest BCUT2D eigenvalue weighted by Crippen LogP contribution is 2.28. The molecule has 0 radical (unpaired) electrons. The van der Waals surface area contributed by atoms with Crippen molar-refractivity contribution in [2.45, 2.75) is 51.6 Å². The number of furan rings is 1. The van der Waals surface area contributed by atoms with Gasteiger partial charge in [-0.2, -0.15) is 0 Å². The van der Waals surface area contributed by atoms with E-state index < -0.39 is 17.5 Å². The average molecular weight is 595 g/mol. The lowest BCUT2D eigenvalue weighted by Crippen LogP contribution is -2.45. The highest BCUT2D eigenvalue weighted by molar-refractivity contribution is 6.12. The van der Waals surface area contributed by atoms with Crippen LogP contribution in [0.25, 0.3) is 0 Å². The first kappa shape index (κ1) is 33.1. The molecular formula is C31H42N6O6. The zero-order valence-electron chi connectivity index (χ0n) is 25.8. The third kappa shape index (κ3) is 8.77. The van der Waals surface area contributed by atoms with Crippen LogP contribution in [0.2, 0.25) is 0 Å². The molecule has 0 aliphatic carbocycles. The number of benzene rings is 1. The first-order chi connectivity index (χ1) is 20.4. The van der Waals surface area contributed by atoms with Gasteiger partial charge in [0.25, 0.3) is 17.7 Å². The molecule has 0 bridgehead atoms. The maximum atomic E-state index is 12.1. The summed E-state index contributed by atoms with van der Waals surface area (Å²) < 4.78 is 10.9. The van der Waals surface area contributed by atoms with Gasteiger partial charge in [0.15, 0.2) is 0 Å². The van der Waals surface area contributed by atoms with Gasteiger partial charge in [0, 0.05) is 50.8 Å². The smallest absolute Gasteiger partial charge is 0.322 e. The third-order valence-electron chi connectivity index (χ3n) is 7.07. The Hall–Kier alpha value is -4.45. The molecule has 43 heavy (non-hydrogen) atoms. The molecule has 3 heterocycles. The first-order valence-electron chi connectivity index (χ1n) is 14.2.